The van der Waals surface area contributed by atoms with Gasteiger partial charge in [0.1, 0.15) is 10.0 Å². The first-order valence-corrected chi connectivity index (χ1v) is 8.47. The first-order chi connectivity index (χ1) is 8.97. The molecule has 1 aromatic heterocycles. The highest BCUT2D eigenvalue weighted by Gasteiger charge is 2.22. The van der Waals surface area contributed by atoms with Crippen LogP contribution in [0, 0.1) is 5.92 Å². The van der Waals surface area contributed by atoms with Gasteiger partial charge in [0.2, 0.25) is 10.0 Å². The number of rotatable bonds is 3. The Morgan fingerprint density at radius 1 is 1.26 bits per heavy atom. The summed E-state index contributed by atoms with van der Waals surface area (Å²) in [7, 11) is -3.48. The van der Waals surface area contributed by atoms with Crippen molar-refractivity contribution >= 4 is 21.6 Å². The summed E-state index contributed by atoms with van der Waals surface area (Å²) in [5, 5.41) is 0.294. The van der Waals surface area contributed by atoms with Crippen molar-refractivity contribution in [2.24, 2.45) is 5.92 Å². The van der Waals surface area contributed by atoms with Crippen molar-refractivity contribution in [2.45, 2.75) is 50.0 Å². The van der Waals surface area contributed by atoms with Gasteiger partial charge < -0.3 is 0 Å². The lowest BCUT2D eigenvalue weighted by Crippen LogP contribution is -2.34. The van der Waals surface area contributed by atoms with E-state index in [-0.39, 0.29) is 10.9 Å². The summed E-state index contributed by atoms with van der Waals surface area (Å²) < 4.78 is 27.2. The molecule has 1 aliphatic rings. The minimum atomic E-state index is -3.48. The third kappa shape index (κ3) is 4.16. The highest BCUT2D eigenvalue weighted by Crippen LogP contribution is 2.23. The van der Waals surface area contributed by atoms with Crippen LogP contribution in [0.5, 0.6) is 0 Å². The van der Waals surface area contributed by atoms with Crippen molar-refractivity contribution in [1.82, 2.24) is 9.71 Å². The maximum atomic E-state index is 12.2. The lowest BCUT2D eigenvalue weighted by Gasteiger charge is -2.16. The van der Waals surface area contributed by atoms with Gasteiger partial charge in [-0.1, -0.05) is 31.4 Å². The molecule has 4 nitrogen and oxygen atoms in total. The number of nitrogens with zero attached hydrogens (tertiary/aromatic N) is 1. The van der Waals surface area contributed by atoms with Gasteiger partial charge in [-0.25, -0.2) is 18.1 Å². The van der Waals surface area contributed by atoms with Crippen LogP contribution in [0.2, 0.25) is 5.15 Å². The van der Waals surface area contributed by atoms with E-state index in [2.05, 4.69) is 16.6 Å². The van der Waals surface area contributed by atoms with Crippen molar-refractivity contribution in [3.63, 3.8) is 0 Å². The van der Waals surface area contributed by atoms with Crippen LogP contribution in [0.25, 0.3) is 0 Å². The number of hydrogen-bond donors (Lipinski definition) is 1. The summed E-state index contributed by atoms with van der Waals surface area (Å²) in [4.78, 5) is 3.99. The molecule has 0 amide bonds. The second-order valence-corrected chi connectivity index (χ2v) is 7.35. The number of aromatic nitrogens is 1. The molecule has 6 heteroatoms. The molecule has 106 valence electrons. The van der Waals surface area contributed by atoms with E-state index in [9.17, 15) is 8.42 Å². The van der Waals surface area contributed by atoms with Gasteiger partial charge in [0.05, 0.1) is 0 Å². The van der Waals surface area contributed by atoms with Crippen molar-refractivity contribution < 1.29 is 8.42 Å². The molecule has 1 aliphatic carbocycles. The van der Waals surface area contributed by atoms with E-state index in [1.807, 2.05) is 0 Å². The standard InChI is InChI=1S/C13H19ClN2O2S/c1-10-3-2-4-11(6-5-10)16-19(17,18)12-7-8-13(14)15-9-12/h7-11,16H,2-6H2,1H3. The molecular weight excluding hydrogens is 284 g/mol. The molecule has 1 saturated carbocycles. The van der Waals surface area contributed by atoms with Gasteiger partial charge in [-0.3, -0.25) is 0 Å². The number of nitrogens with one attached hydrogen (secondary N) is 1. The van der Waals surface area contributed by atoms with E-state index >= 15 is 0 Å². The zero-order chi connectivity index (χ0) is 13.9. The average molecular weight is 303 g/mol. The first kappa shape index (κ1) is 14.8. The Morgan fingerprint density at radius 2 is 2.05 bits per heavy atom. The monoisotopic (exact) mass is 302 g/mol. The molecule has 1 aromatic rings. The van der Waals surface area contributed by atoms with Crippen molar-refractivity contribution in [2.75, 3.05) is 0 Å². The second-order valence-electron chi connectivity index (χ2n) is 5.25. The Labute approximate surface area is 119 Å². The van der Waals surface area contributed by atoms with Crippen LogP contribution in [0.4, 0.5) is 0 Å². The Bertz CT molecular complexity index is 516. The third-order valence-corrected chi connectivity index (χ3v) is 5.32. The van der Waals surface area contributed by atoms with E-state index in [1.54, 1.807) is 0 Å². The third-order valence-electron chi connectivity index (χ3n) is 3.59. The number of hydrogen-bond acceptors (Lipinski definition) is 3. The number of pyridine rings is 1. The molecule has 1 N–H and O–H groups in total. The van der Waals surface area contributed by atoms with Crippen LogP contribution in [-0.4, -0.2) is 19.4 Å². The van der Waals surface area contributed by atoms with Crippen LogP contribution in [0.1, 0.15) is 39.0 Å². The fourth-order valence-electron chi connectivity index (χ4n) is 2.41. The van der Waals surface area contributed by atoms with Gasteiger partial charge in [-0.05, 0) is 37.3 Å². The zero-order valence-electron chi connectivity index (χ0n) is 11.0. The molecule has 1 fully saturated rings. The molecule has 0 saturated heterocycles. The van der Waals surface area contributed by atoms with E-state index in [0.29, 0.717) is 11.1 Å². The Balaban J connectivity index is 2.06. The van der Waals surface area contributed by atoms with Crippen molar-refractivity contribution in [3.8, 4) is 0 Å². The van der Waals surface area contributed by atoms with Gasteiger partial charge >= 0.3 is 0 Å². The maximum Gasteiger partial charge on any atom is 0.242 e. The molecule has 0 spiro atoms. The highest BCUT2D eigenvalue weighted by atomic mass is 35.5. The van der Waals surface area contributed by atoms with Crippen LogP contribution in [-0.2, 0) is 10.0 Å². The zero-order valence-corrected chi connectivity index (χ0v) is 12.5. The van der Waals surface area contributed by atoms with Crippen molar-refractivity contribution in [3.05, 3.63) is 23.5 Å². The largest absolute Gasteiger partial charge is 0.243 e. The molecule has 2 atom stereocenters. The van der Waals surface area contributed by atoms with Crippen LogP contribution in [0.3, 0.4) is 0 Å². The topological polar surface area (TPSA) is 59.1 Å². The van der Waals surface area contributed by atoms with Gasteiger partial charge in [0.15, 0.2) is 0 Å². The predicted molar refractivity (Wildman–Crippen MR) is 75.6 cm³/mol. The quantitative estimate of drug-likeness (QED) is 0.690. The lowest BCUT2D eigenvalue weighted by atomic mass is 10.0. The van der Waals surface area contributed by atoms with E-state index < -0.39 is 10.0 Å². The summed E-state index contributed by atoms with van der Waals surface area (Å²) in [6.07, 6.45) is 6.44. The fraction of sp³-hybridized carbons (Fsp3) is 0.615. The summed E-state index contributed by atoms with van der Waals surface area (Å²) in [5.74, 6) is 0.687. The maximum absolute atomic E-state index is 12.2. The van der Waals surface area contributed by atoms with Crippen LogP contribution in [0.15, 0.2) is 23.2 Å². The number of halogens is 1. The molecule has 0 aliphatic heterocycles. The van der Waals surface area contributed by atoms with E-state index in [1.165, 1.54) is 24.8 Å². The molecule has 19 heavy (non-hydrogen) atoms. The van der Waals surface area contributed by atoms with Gasteiger partial charge in [-0.2, -0.15) is 0 Å². The highest BCUT2D eigenvalue weighted by molar-refractivity contribution is 7.89. The second kappa shape index (κ2) is 6.20. The predicted octanol–water partition coefficient (Wildman–Crippen LogP) is 2.98. The normalized spacial score (nSPS) is 24.9. The van der Waals surface area contributed by atoms with Gasteiger partial charge in [0.25, 0.3) is 0 Å². The fourth-order valence-corrected chi connectivity index (χ4v) is 3.77. The smallest absolute Gasteiger partial charge is 0.242 e. The van der Waals surface area contributed by atoms with Crippen LogP contribution >= 0.6 is 11.6 Å². The average Bonchev–Trinajstić information content (AvgIpc) is 2.54. The summed E-state index contributed by atoms with van der Waals surface area (Å²) in [6, 6.07) is 3.01. The van der Waals surface area contributed by atoms with Gasteiger partial charge in [0, 0.05) is 12.2 Å². The number of sulfonamides is 1. The van der Waals surface area contributed by atoms with Crippen LogP contribution < -0.4 is 4.72 Å². The summed E-state index contributed by atoms with van der Waals surface area (Å²) >= 11 is 5.66. The summed E-state index contributed by atoms with van der Waals surface area (Å²) in [5.41, 5.74) is 0. The molecular formula is C13H19ClN2O2S. The van der Waals surface area contributed by atoms with E-state index in [4.69, 9.17) is 11.6 Å². The lowest BCUT2D eigenvalue weighted by molar-refractivity contribution is 0.484. The SMILES string of the molecule is CC1CCCC(NS(=O)(=O)c2ccc(Cl)nc2)CC1. The molecule has 0 bridgehead atoms. The minimum Gasteiger partial charge on any atom is -0.243 e. The molecule has 2 unspecified atom stereocenters. The van der Waals surface area contributed by atoms with Gasteiger partial charge in [-0.15, -0.1) is 0 Å². The Morgan fingerprint density at radius 3 is 2.74 bits per heavy atom. The molecule has 1 heterocycles. The molecule has 0 radical (unpaired) electrons. The summed E-state index contributed by atoms with van der Waals surface area (Å²) in [6.45, 7) is 2.22. The van der Waals surface area contributed by atoms with E-state index in [0.717, 1.165) is 25.7 Å². The molecule has 2 rings (SSSR count). The Hall–Kier alpha value is -0.650. The Kier molecular flexibility index (Phi) is 4.81. The minimum absolute atomic E-state index is 0.0330. The first-order valence-electron chi connectivity index (χ1n) is 6.61. The van der Waals surface area contributed by atoms with Crippen molar-refractivity contribution in [1.29, 1.82) is 0 Å². The molecule has 0 aromatic carbocycles.